The van der Waals surface area contributed by atoms with Crippen molar-refractivity contribution in [1.82, 2.24) is 0 Å². The highest BCUT2D eigenvalue weighted by Gasteiger charge is 2.04. The maximum atomic E-state index is 10.6. The zero-order valence-corrected chi connectivity index (χ0v) is 8.45. The van der Waals surface area contributed by atoms with E-state index in [1.54, 1.807) is 25.3 Å². The van der Waals surface area contributed by atoms with Crippen LogP contribution in [0.1, 0.15) is 5.56 Å². The summed E-state index contributed by atoms with van der Waals surface area (Å²) in [4.78, 5) is 0. The van der Waals surface area contributed by atoms with E-state index in [-0.39, 0.29) is 5.75 Å². The fourth-order valence-electron chi connectivity index (χ4n) is 0.988. The summed E-state index contributed by atoms with van der Waals surface area (Å²) in [5, 5.41) is 4.71. The molecule has 0 aliphatic rings. The summed E-state index contributed by atoms with van der Waals surface area (Å²) < 4.78 is 30.5. The summed E-state index contributed by atoms with van der Waals surface area (Å²) in [5.41, 5.74) is 0.814. The van der Waals surface area contributed by atoms with Gasteiger partial charge in [0.15, 0.2) is 0 Å². The Morgan fingerprint density at radius 1 is 1.43 bits per heavy atom. The molecular formula is C8H11NO4S. The molecule has 0 radical (unpaired) electrons. The van der Waals surface area contributed by atoms with Crippen molar-refractivity contribution in [3.05, 3.63) is 29.8 Å². The lowest BCUT2D eigenvalue weighted by atomic mass is 10.2. The van der Waals surface area contributed by atoms with Crippen molar-refractivity contribution in [3.8, 4) is 5.75 Å². The summed E-state index contributed by atoms with van der Waals surface area (Å²) >= 11 is 0. The Labute approximate surface area is 82.7 Å². The van der Waals surface area contributed by atoms with Gasteiger partial charge in [0.25, 0.3) is 0 Å². The second-order valence-corrected chi connectivity index (χ2v) is 3.81. The van der Waals surface area contributed by atoms with Gasteiger partial charge in [-0.25, -0.2) is 0 Å². The van der Waals surface area contributed by atoms with Crippen LogP contribution in [0.15, 0.2) is 24.3 Å². The van der Waals surface area contributed by atoms with E-state index in [4.69, 9.17) is 9.88 Å². The topological polar surface area (TPSA) is 78.6 Å². The molecule has 0 atom stereocenters. The Morgan fingerprint density at radius 2 is 2.14 bits per heavy atom. The monoisotopic (exact) mass is 217 g/mol. The predicted octanol–water partition coefficient (Wildman–Crippen LogP) is 0.415. The molecule has 6 heteroatoms. The first-order chi connectivity index (χ1) is 6.51. The molecule has 1 rings (SSSR count). The van der Waals surface area contributed by atoms with E-state index >= 15 is 0 Å². The minimum Gasteiger partial charge on any atom is -0.380 e. The molecule has 0 spiro atoms. The Morgan fingerprint density at radius 3 is 2.71 bits per heavy atom. The van der Waals surface area contributed by atoms with E-state index in [0.717, 1.165) is 5.56 Å². The quantitative estimate of drug-likeness (QED) is 0.792. The van der Waals surface area contributed by atoms with Crippen LogP contribution in [0, 0.1) is 0 Å². The average Bonchev–Trinajstić information content (AvgIpc) is 2.02. The lowest BCUT2D eigenvalue weighted by Gasteiger charge is -2.04. The second-order valence-electron chi connectivity index (χ2n) is 2.66. The van der Waals surface area contributed by atoms with Gasteiger partial charge in [0.05, 0.1) is 6.61 Å². The van der Waals surface area contributed by atoms with Crippen molar-refractivity contribution in [2.45, 2.75) is 6.61 Å². The Kier molecular flexibility index (Phi) is 3.45. The van der Waals surface area contributed by atoms with E-state index in [9.17, 15) is 8.42 Å². The number of ether oxygens (including phenoxy) is 1. The molecule has 0 aromatic heterocycles. The van der Waals surface area contributed by atoms with Crippen LogP contribution in [-0.4, -0.2) is 15.5 Å². The van der Waals surface area contributed by atoms with Crippen LogP contribution in [0.4, 0.5) is 0 Å². The van der Waals surface area contributed by atoms with Gasteiger partial charge in [-0.05, 0) is 17.7 Å². The van der Waals surface area contributed by atoms with Gasteiger partial charge in [-0.1, -0.05) is 12.1 Å². The van der Waals surface area contributed by atoms with Crippen LogP contribution in [0.5, 0.6) is 5.75 Å². The van der Waals surface area contributed by atoms with Crippen molar-refractivity contribution in [3.63, 3.8) is 0 Å². The van der Waals surface area contributed by atoms with Crippen LogP contribution in [0.3, 0.4) is 0 Å². The average molecular weight is 217 g/mol. The van der Waals surface area contributed by atoms with E-state index in [0.29, 0.717) is 6.61 Å². The van der Waals surface area contributed by atoms with Crippen molar-refractivity contribution < 1.29 is 17.3 Å². The minimum absolute atomic E-state index is 0.182. The third-order valence-corrected chi connectivity index (χ3v) is 1.85. The highest BCUT2D eigenvalue weighted by Crippen LogP contribution is 2.14. The van der Waals surface area contributed by atoms with Gasteiger partial charge in [-0.2, -0.15) is 13.6 Å². The molecule has 2 N–H and O–H groups in total. The second kappa shape index (κ2) is 4.41. The lowest BCUT2D eigenvalue weighted by Crippen LogP contribution is -2.18. The maximum Gasteiger partial charge on any atom is 0.380 e. The molecule has 0 bridgehead atoms. The fourth-order valence-corrected chi connectivity index (χ4v) is 1.36. The summed E-state index contributed by atoms with van der Waals surface area (Å²) in [5.74, 6) is 0.182. The Hall–Kier alpha value is -1.11. The number of methoxy groups -OCH3 is 1. The molecule has 1 aromatic carbocycles. The van der Waals surface area contributed by atoms with Gasteiger partial charge in [-0.3, -0.25) is 0 Å². The molecule has 0 unspecified atom stereocenters. The minimum atomic E-state index is -3.95. The van der Waals surface area contributed by atoms with Gasteiger partial charge >= 0.3 is 10.3 Å². The van der Waals surface area contributed by atoms with Crippen molar-refractivity contribution in [1.29, 1.82) is 0 Å². The number of rotatable bonds is 4. The van der Waals surface area contributed by atoms with Crippen LogP contribution in [0.2, 0.25) is 0 Å². The van der Waals surface area contributed by atoms with Gasteiger partial charge in [0, 0.05) is 7.11 Å². The summed E-state index contributed by atoms with van der Waals surface area (Å²) in [6.07, 6.45) is 0. The molecule has 0 aliphatic carbocycles. The van der Waals surface area contributed by atoms with Crippen LogP contribution >= 0.6 is 0 Å². The normalized spacial score (nSPS) is 11.3. The highest BCUT2D eigenvalue weighted by atomic mass is 32.2. The number of nitrogens with two attached hydrogens (primary N) is 1. The molecule has 5 nitrogen and oxygen atoms in total. The highest BCUT2D eigenvalue weighted by molar-refractivity contribution is 7.84. The first-order valence-electron chi connectivity index (χ1n) is 3.81. The van der Waals surface area contributed by atoms with Gasteiger partial charge < -0.3 is 8.92 Å². The molecule has 1 aromatic rings. The molecule has 0 heterocycles. The number of benzene rings is 1. The first-order valence-corrected chi connectivity index (χ1v) is 5.28. The zero-order valence-electron chi connectivity index (χ0n) is 7.64. The van der Waals surface area contributed by atoms with Crippen LogP contribution in [-0.2, 0) is 21.6 Å². The molecular weight excluding hydrogens is 206 g/mol. The molecule has 0 fully saturated rings. The SMILES string of the molecule is COCc1cccc(OS(N)(=O)=O)c1. The largest absolute Gasteiger partial charge is 0.380 e. The Bertz CT molecular complexity index is 402. The van der Waals surface area contributed by atoms with E-state index in [1.165, 1.54) is 6.07 Å². The molecule has 0 saturated carbocycles. The standard InChI is InChI=1S/C8H11NO4S/c1-12-6-7-3-2-4-8(5-7)13-14(9,10)11/h2-5H,6H2,1H3,(H2,9,10,11). The van der Waals surface area contributed by atoms with Crippen molar-refractivity contribution in [2.24, 2.45) is 5.14 Å². The number of hydrogen-bond acceptors (Lipinski definition) is 4. The molecule has 0 saturated heterocycles. The van der Waals surface area contributed by atoms with E-state index in [2.05, 4.69) is 4.18 Å². The fraction of sp³-hybridized carbons (Fsp3) is 0.250. The summed E-state index contributed by atoms with van der Waals surface area (Å²) in [6, 6.07) is 6.51. The maximum absolute atomic E-state index is 10.6. The molecule has 14 heavy (non-hydrogen) atoms. The van der Waals surface area contributed by atoms with Crippen molar-refractivity contribution in [2.75, 3.05) is 7.11 Å². The van der Waals surface area contributed by atoms with Gasteiger partial charge in [-0.15, -0.1) is 0 Å². The van der Waals surface area contributed by atoms with Crippen LogP contribution < -0.4 is 9.32 Å². The van der Waals surface area contributed by atoms with Crippen LogP contribution in [0.25, 0.3) is 0 Å². The molecule has 78 valence electrons. The van der Waals surface area contributed by atoms with E-state index in [1.807, 2.05) is 0 Å². The first kappa shape index (κ1) is 11.0. The van der Waals surface area contributed by atoms with E-state index < -0.39 is 10.3 Å². The molecule has 0 aliphatic heterocycles. The summed E-state index contributed by atoms with van der Waals surface area (Å²) in [6.45, 7) is 0.391. The smallest absolute Gasteiger partial charge is 0.380 e. The number of hydrogen-bond donors (Lipinski definition) is 1. The predicted molar refractivity (Wildman–Crippen MR) is 50.9 cm³/mol. The van der Waals surface area contributed by atoms with Crippen molar-refractivity contribution >= 4 is 10.3 Å². The third-order valence-electron chi connectivity index (χ3n) is 1.42. The summed E-state index contributed by atoms with van der Waals surface area (Å²) in [7, 11) is -2.40. The lowest BCUT2D eigenvalue weighted by molar-refractivity contribution is 0.184. The van der Waals surface area contributed by atoms with Gasteiger partial charge in [0.2, 0.25) is 0 Å². The van der Waals surface area contributed by atoms with Gasteiger partial charge in [0.1, 0.15) is 5.75 Å². The molecule has 0 amide bonds. The zero-order chi connectivity index (χ0) is 10.6. The third kappa shape index (κ3) is 3.73. The Balaban J connectivity index is 2.83.